The number of hydrogen-bond acceptors (Lipinski definition) is 1. The molecular formula is C16H16ClFO. The number of benzene rings is 2. The minimum absolute atomic E-state index is 0.264. The summed E-state index contributed by atoms with van der Waals surface area (Å²) in [4.78, 5) is 0. The Bertz CT molecular complexity index is 549. The van der Waals surface area contributed by atoms with Crippen LogP contribution in [-0.2, 0) is 5.88 Å². The molecule has 2 aromatic carbocycles. The van der Waals surface area contributed by atoms with Gasteiger partial charge in [0.15, 0.2) is 0 Å². The molecule has 100 valence electrons. The number of rotatable bonds is 4. The summed E-state index contributed by atoms with van der Waals surface area (Å²) in [6.07, 6.45) is 0. The standard InChI is InChI=1S/C16H16ClFO/c1-11(2)13-3-5-15(6-4-13)19-16-8-12(10-17)7-14(18)9-16/h3-9,11H,10H2,1-2H3. The van der Waals surface area contributed by atoms with Crippen molar-refractivity contribution in [3.8, 4) is 11.5 Å². The molecule has 0 atom stereocenters. The van der Waals surface area contributed by atoms with Crippen LogP contribution in [0.2, 0.25) is 0 Å². The highest BCUT2D eigenvalue weighted by Gasteiger charge is 2.04. The van der Waals surface area contributed by atoms with Crippen LogP contribution >= 0.6 is 11.6 Å². The molecule has 0 N–H and O–H groups in total. The van der Waals surface area contributed by atoms with Gasteiger partial charge in [-0.05, 0) is 41.3 Å². The summed E-state index contributed by atoms with van der Waals surface area (Å²) < 4.78 is 19.0. The Morgan fingerprint density at radius 2 is 1.74 bits per heavy atom. The second-order valence-corrected chi connectivity index (χ2v) is 5.02. The Labute approximate surface area is 118 Å². The lowest BCUT2D eigenvalue weighted by atomic mass is 10.0. The van der Waals surface area contributed by atoms with Gasteiger partial charge in [0.1, 0.15) is 17.3 Å². The second-order valence-electron chi connectivity index (χ2n) is 4.75. The minimum Gasteiger partial charge on any atom is -0.457 e. The highest BCUT2D eigenvalue weighted by molar-refractivity contribution is 6.17. The van der Waals surface area contributed by atoms with Crippen molar-refractivity contribution in [3.05, 3.63) is 59.4 Å². The third-order valence-electron chi connectivity index (χ3n) is 2.87. The molecule has 0 aliphatic rings. The van der Waals surface area contributed by atoms with Crippen molar-refractivity contribution in [1.82, 2.24) is 0 Å². The van der Waals surface area contributed by atoms with Gasteiger partial charge in [-0.15, -0.1) is 11.6 Å². The zero-order valence-corrected chi connectivity index (χ0v) is 11.7. The predicted molar refractivity (Wildman–Crippen MR) is 76.6 cm³/mol. The summed E-state index contributed by atoms with van der Waals surface area (Å²) in [7, 11) is 0. The first-order valence-electron chi connectivity index (χ1n) is 6.21. The number of hydrogen-bond donors (Lipinski definition) is 0. The number of alkyl halides is 1. The van der Waals surface area contributed by atoms with Crippen LogP contribution in [0.25, 0.3) is 0 Å². The lowest BCUT2D eigenvalue weighted by molar-refractivity contribution is 0.476. The van der Waals surface area contributed by atoms with Crippen LogP contribution in [0.3, 0.4) is 0 Å². The Hall–Kier alpha value is -1.54. The maximum atomic E-state index is 13.3. The highest BCUT2D eigenvalue weighted by Crippen LogP contribution is 2.26. The van der Waals surface area contributed by atoms with Crippen molar-refractivity contribution in [3.63, 3.8) is 0 Å². The molecule has 0 amide bonds. The zero-order chi connectivity index (χ0) is 13.8. The van der Waals surface area contributed by atoms with E-state index in [2.05, 4.69) is 13.8 Å². The van der Waals surface area contributed by atoms with Crippen molar-refractivity contribution in [2.24, 2.45) is 0 Å². The molecule has 0 aliphatic carbocycles. The van der Waals surface area contributed by atoms with Crippen molar-refractivity contribution in [2.75, 3.05) is 0 Å². The average molecular weight is 279 g/mol. The lowest BCUT2D eigenvalue weighted by Gasteiger charge is -2.09. The molecule has 2 aromatic rings. The van der Waals surface area contributed by atoms with E-state index in [1.165, 1.54) is 17.7 Å². The maximum Gasteiger partial charge on any atom is 0.130 e. The highest BCUT2D eigenvalue weighted by atomic mass is 35.5. The Morgan fingerprint density at radius 3 is 2.32 bits per heavy atom. The van der Waals surface area contributed by atoms with Gasteiger partial charge in [-0.25, -0.2) is 4.39 Å². The van der Waals surface area contributed by atoms with E-state index in [0.717, 1.165) is 0 Å². The van der Waals surface area contributed by atoms with Crippen LogP contribution in [0.5, 0.6) is 11.5 Å². The number of halogens is 2. The van der Waals surface area contributed by atoms with E-state index in [9.17, 15) is 4.39 Å². The minimum atomic E-state index is -0.341. The van der Waals surface area contributed by atoms with E-state index in [1.54, 1.807) is 6.07 Å². The summed E-state index contributed by atoms with van der Waals surface area (Å²) in [6, 6.07) is 12.3. The van der Waals surface area contributed by atoms with E-state index >= 15 is 0 Å². The van der Waals surface area contributed by atoms with E-state index in [4.69, 9.17) is 16.3 Å². The number of ether oxygens (including phenoxy) is 1. The summed E-state index contributed by atoms with van der Waals surface area (Å²) in [5.74, 6) is 1.56. The molecule has 0 unspecified atom stereocenters. The second kappa shape index (κ2) is 6.07. The molecule has 0 saturated carbocycles. The quantitative estimate of drug-likeness (QED) is 0.673. The molecule has 0 aromatic heterocycles. The van der Waals surface area contributed by atoms with E-state index in [0.29, 0.717) is 23.0 Å². The summed E-state index contributed by atoms with van der Waals surface area (Å²) in [5, 5.41) is 0. The summed E-state index contributed by atoms with van der Waals surface area (Å²) in [6.45, 7) is 4.27. The SMILES string of the molecule is CC(C)c1ccc(Oc2cc(F)cc(CCl)c2)cc1. The van der Waals surface area contributed by atoms with Gasteiger partial charge < -0.3 is 4.74 Å². The molecule has 2 rings (SSSR count). The van der Waals surface area contributed by atoms with Crippen LogP contribution in [-0.4, -0.2) is 0 Å². The first-order valence-corrected chi connectivity index (χ1v) is 6.75. The Balaban J connectivity index is 2.18. The molecule has 19 heavy (non-hydrogen) atoms. The third-order valence-corrected chi connectivity index (χ3v) is 3.18. The molecule has 0 spiro atoms. The van der Waals surface area contributed by atoms with Gasteiger partial charge in [0.05, 0.1) is 0 Å². The van der Waals surface area contributed by atoms with Gasteiger partial charge in [0.2, 0.25) is 0 Å². The molecule has 0 fully saturated rings. The van der Waals surface area contributed by atoms with Crippen LogP contribution in [0.15, 0.2) is 42.5 Å². The van der Waals surface area contributed by atoms with Crippen molar-refractivity contribution < 1.29 is 9.13 Å². The van der Waals surface area contributed by atoms with Crippen LogP contribution in [0.1, 0.15) is 30.9 Å². The monoisotopic (exact) mass is 278 g/mol. The maximum absolute atomic E-state index is 13.3. The molecule has 3 heteroatoms. The fraction of sp³-hybridized carbons (Fsp3) is 0.250. The molecule has 1 nitrogen and oxygen atoms in total. The van der Waals surface area contributed by atoms with Crippen molar-refractivity contribution in [2.45, 2.75) is 25.6 Å². The first-order chi connectivity index (χ1) is 9.08. The zero-order valence-electron chi connectivity index (χ0n) is 11.0. The normalized spacial score (nSPS) is 10.8. The molecule has 0 radical (unpaired) electrons. The average Bonchev–Trinajstić information content (AvgIpc) is 2.38. The van der Waals surface area contributed by atoms with Crippen molar-refractivity contribution >= 4 is 11.6 Å². The fourth-order valence-electron chi connectivity index (χ4n) is 1.81. The smallest absolute Gasteiger partial charge is 0.130 e. The van der Waals surface area contributed by atoms with Gasteiger partial charge in [0.25, 0.3) is 0 Å². The van der Waals surface area contributed by atoms with Gasteiger partial charge in [-0.2, -0.15) is 0 Å². The van der Waals surface area contributed by atoms with Gasteiger partial charge >= 0.3 is 0 Å². The largest absolute Gasteiger partial charge is 0.457 e. The van der Waals surface area contributed by atoms with E-state index in [1.807, 2.05) is 24.3 Å². The van der Waals surface area contributed by atoms with Crippen LogP contribution < -0.4 is 4.74 Å². The van der Waals surface area contributed by atoms with Crippen LogP contribution in [0, 0.1) is 5.82 Å². The fourth-order valence-corrected chi connectivity index (χ4v) is 1.97. The third kappa shape index (κ3) is 3.71. The lowest BCUT2D eigenvalue weighted by Crippen LogP contribution is -1.90. The van der Waals surface area contributed by atoms with Crippen molar-refractivity contribution in [1.29, 1.82) is 0 Å². The van der Waals surface area contributed by atoms with Gasteiger partial charge in [-0.1, -0.05) is 26.0 Å². The molecule has 0 bridgehead atoms. The summed E-state index contributed by atoms with van der Waals surface area (Å²) in [5.41, 5.74) is 1.95. The first kappa shape index (κ1) is 13.9. The topological polar surface area (TPSA) is 9.23 Å². The molecule has 0 aliphatic heterocycles. The Morgan fingerprint density at radius 1 is 1.05 bits per heavy atom. The molecule has 0 heterocycles. The van der Waals surface area contributed by atoms with E-state index < -0.39 is 0 Å². The molecule has 0 saturated heterocycles. The Kier molecular flexibility index (Phi) is 4.43. The van der Waals surface area contributed by atoms with Crippen LogP contribution in [0.4, 0.5) is 4.39 Å². The van der Waals surface area contributed by atoms with Gasteiger partial charge in [0, 0.05) is 11.9 Å². The van der Waals surface area contributed by atoms with Gasteiger partial charge in [-0.3, -0.25) is 0 Å². The predicted octanol–water partition coefficient (Wildman–Crippen LogP) is 5.48. The van der Waals surface area contributed by atoms with E-state index in [-0.39, 0.29) is 11.7 Å². The molecular weight excluding hydrogens is 263 g/mol. The summed E-state index contributed by atoms with van der Waals surface area (Å²) >= 11 is 5.71.